The summed E-state index contributed by atoms with van der Waals surface area (Å²) in [6, 6.07) is 5.63. The fourth-order valence-electron chi connectivity index (χ4n) is 2.64. The second-order valence-corrected chi connectivity index (χ2v) is 6.18. The number of carboxylic acid groups (broad SMARTS) is 1. The zero-order valence-corrected chi connectivity index (χ0v) is 13.2. The minimum atomic E-state index is -0.814. The van der Waals surface area contributed by atoms with Crippen LogP contribution >= 0.6 is 15.9 Å². The van der Waals surface area contributed by atoms with E-state index in [1.807, 2.05) is 32.0 Å². The summed E-state index contributed by atoms with van der Waals surface area (Å²) in [5.41, 5.74) is 2.07. The maximum absolute atomic E-state index is 12.3. The molecule has 2 atom stereocenters. The molecular weight excluding hydrogens is 322 g/mol. The lowest BCUT2D eigenvalue weighted by atomic mass is 10.0. The van der Waals surface area contributed by atoms with Crippen LogP contribution in [0.5, 0.6) is 0 Å². The zero-order valence-electron chi connectivity index (χ0n) is 11.6. The van der Waals surface area contributed by atoms with Crippen LogP contribution in [-0.2, 0) is 16.0 Å². The third kappa shape index (κ3) is 3.03. The van der Waals surface area contributed by atoms with Crippen molar-refractivity contribution in [1.82, 2.24) is 4.90 Å². The van der Waals surface area contributed by atoms with E-state index in [4.69, 9.17) is 5.11 Å². The Hall–Kier alpha value is -1.36. The Morgan fingerprint density at radius 3 is 2.70 bits per heavy atom. The van der Waals surface area contributed by atoms with Crippen molar-refractivity contribution in [3.05, 3.63) is 33.8 Å². The molecule has 1 amide bonds. The van der Waals surface area contributed by atoms with E-state index in [1.165, 1.54) is 0 Å². The maximum atomic E-state index is 12.3. The average Bonchev–Trinajstić information content (AvgIpc) is 2.76. The van der Waals surface area contributed by atoms with Gasteiger partial charge >= 0.3 is 5.97 Å². The molecule has 20 heavy (non-hydrogen) atoms. The molecule has 108 valence electrons. The number of carbonyl (C=O) groups is 2. The van der Waals surface area contributed by atoms with Crippen LogP contribution in [0.2, 0.25) is 0 Å². The van der Waals surface area contributed by atoms with Gasteiger partial charge in [-0.1, -0.05) is 28.1 Å². The van der Waals surface area contributed by atoms with E-state index in [0.717, 1.165) is 15.6 Å². The van der Waals surface area contributed by atoms with E-state index in [-0.39, 0.29) is 11.9 Å². The number of rotatable bonds is 3. The molecule has 2 rings (SSSR count). The third-order valence-corrected chi connectivity index (χ3v) is 4.84. The van der Waals surface area contributed by atoms with Crippen LogP contribution in [-0.4, -0.2) is 34.5 Å². The number of aliphatic carboxylic acids is 1. The number of halogens is 1. The fourth-order valence-corrected chi connectivity index (χ4v) is 3.07. The fraction of sp³-hybridized carbons (Fsp3) is 0.467. The number of benzene rings is 1. The largest absolute Gasteiger partial charge is 0.481 e. The van der Waals surface area contributed by atoms with Crippen LogP contribution in [0, 0.1) is 12.8 Å². The lowest BCUT2D eigenvalue weighted by Crippen LogP contribution is -2.38. The maximum Gasteiger partial charge on any atom is 0.308 e. The molecule has 1 saturated heterocycles. The number of carboxylic acids is 1. The SMILES string of the molecule is Cc1ccc(CC(=O)N2CCC(C(=O)O)C2C)cc1Br. The highest BCUT2D eigenvalue weighted by Crippen LogP contribution is 2.25. The van der Waals surface area contributed by atoms with Gasteiger partial charge in [-0.2, -0.15) is 0 Å². The number of hydrogen-bond acceptors (Lipinski definition) is 2. The Balaban J connectivity index is 2.05. The van der Waals surface area contributed by atoms with Crippen molar-refractivity contribution in [2.75, 3.05) is 6.54 Å². The molecule has 2 unspecified atom stereocenters. The topological polar surface area (TPSA) is 57.6 Å². The minimum Gasteiger partial charge on any atom is -0.481 e. The first-order valence-electron chi connectivity index (χ1n) is 6.67. The number of nitrogens with zero attached hydrogens (tertiary/aromatic N) is 1. The minimum absolute atomic E-state index is 0.00277. The molecule has 5 heteroatoms. The molecule has 0 bridgehead atoms. The van der Waals surface area contributed by atoms with E-state index in [0.29, 0.717) is 19.4 Å². The lowest BCUT2D eigenvalue weighted by Gasteiger charge is -2.23. The molecule has 1 fully saturated rings. The highest BCUT2D eigenvalue weighted by Gasteiger charge is 2.37. The van der Waals surface area contributed by atoms with Gasteiger partial charge in [-0.3, -0.25) is 9.59 Å². The van der Waals surface area contributed by atoms with E-state index < -0.39 is 11.9 Å². The van der Waals surface area contributed by atoms with Crippen molar-refractivity contribution in [2.45, 2.75) is 32.7 Å². The first kappa shape index (κ1) is 15.0. The summed E-state index contributed by atoms with van der Waals surface area (Å²) in [6.45, 7) is 4.34. The van der Waals surface area contributed by atoms with Gasteiger partial charge < -0.3 is 10.0 Å². The van der Waals surface area contributed by atoms with Gasteiger partial charge in [0.05, 0.1) is 12.3 Å². The van der Waals surface area contributed by atoms with Crippen LogP contribution in [0.4, 0.5) is 0 Å². The molecule has 0 spiro atoms. The Morgan fingerprint density at radius 2 is 2.15 bits per heavy atom. The molecule has 0 radical (unpaired) electrons. The summed E-state index contributed by atoms with van der Waals surface area (Å²) in [5.74, 6) is -1.26. The molecule has 0 saturated carbocycles. The third-order valence-electron chi connectivity index (χ3n) is 3.98. The predicted molar refractivity (Wildman–Crippen MR) is 79.5 cm³/mol. The molecule has 1 aromatic rings. The number of amides is 1. The van der Waals surface area contributed by atoms with Crippen LogP contribution in [0.1, 0.15) is 24.5 Å². The van der Waals surface area contributed by atoms with Crippen LogP contribution in [0.15, 0.2) is 22.7 Å². The van der Waals surface area contributed by atoms with Gasteiger partial charge in [-0.15, -0.1) is 0 Å². The molecule has 1 heterocycles. The predicted octanol–water partition coefficient (Wildman–Crippen LogP) is 2.62. The van der Waals surface area contributed by atoms with Crippen molar-refractivity contribution in [3.63, 3.8) is 0 Å². The quantitative estimate of drug-likeness (QED) is 0.920. The van der Waals surface area contributed by atoms with Crippen molar-refractivity contribution in [3.8, 4) is 0 Å². The second-order valence-electron chi connectivity index (χ2n) is 5.32. The zero-order chi connectivity index (χ0) is 14.9. The molecular formula is C15H18BrNO3. The van der Waals surface area contributed by atoms with E-state index >= 15 is 0 Å². The molecule has 1 N–H and O–H groups in total. The van der Waals surface area contributed by atoms with Gasteiger partial charge in [0.15, 0.2) is 0 Å². The standard InChI is InChI=1S/C15H18BrNO3/c1-9-3-4-11(7-13(9)16)8-14(18)17-6-5-12(10(17)2)15(19)20/h3-4,7,10,12H,5-6,8H2,1-2H3,(H,19,20). The number of carbonyl (C=O) groups excluding carboxylic acids is 1. The van der Waals surface area contributed by atoms with Crippen molar-refractivity contribution in [2.24, 2.45) is 5.92 Å². The van der Waals surface area contributed by atoms with Crippen LogP contribution < -0.4 is 0 Å². The Morgan fingerprint density at radius 1 is 1.45 bits per heavy atom. The smallest absolute Gasteiger partial charge is 0.308 e. The van der Waals surface area contributed by atoms with Crippen molar-refractivity contribution in [1.29, 1.82) is 0 Å². The van der Waals surface area contributed by atoms with E-state index in [1.54, 1.807) is 4.90 Å². The van der Waals surface area contributed by atoms with Gasteiger partial charge in [-0.25, -0.2) is 0 Å². The van der Waals surface area contributed by atoms with E-state index in [9.17, 15) is 9.59 Å². The lowest BCUT2D eigenvalue weighted by molar-refractivity contribution is -0.143. The number of likely N-dealkylation sites (tertiary alicyclic amines) is 1. The normalized spacial score (nSPS) is 22.1. The monoisotopic (exact) mass is 339 g/mol. The molecule has 0 aliphatic carbocycles. The van der Waals surface area contributed by atoms with E-state index in [2.05, 4.69) is 15.9 Å². The molecule has 1 aromatic carbocycles. The summed E-state index contributed by atoms with van der Waals surface area (Å²) in [7, 11) is 0. The molecule has 1 aliphatic heterocycles. The Labute approximate surface area is 126 Å². The molecule has 0 aromatic heterocycles. The number of hydrogen-bond donors (Lipinski definition) is 1. The highest BCUT2D eigenvalue weighted by atomic mass is 79.9. The Kier molecular flexibility index (Phi) is 4.48. The van der Waals surface area contributed by atoms with Crippen LogP contribution in [0.25, 0.3) is 0 Å². The van der Waals surface area contributed by atoms with Gasteiger partial charge in [0.2, 0.25) is 5.91 Å². The molecule has 4 nitrogen and oxygen atoms in total. The van der Waals surface area contributed by atoms with Gasteiger partial charge in [0.25, 0.3) is 0 Å². The van der Waals surface area contributed by atoms with Gasteiger partial charge in [-0.05, 0) is 37.5 Å². The van der Waals surface area contributed by atoms with Gasteiger partial charge in [0.1, 0.15) is 0 Å². The summed E-state index contributed by atoms with van der Waals surface area (Å²) >= 11 is 3.46. The summed E-state index contributed by atoms with van der Waals surface area (Å²) in [4.78, 5) is 25.1. The second kappa shape index (κ2) is 5.95. The average molecular weight is 340 g/mol. The first-order chi connectivity index (χ1) is 9.40. The van der Waals surface area contributed by atoms with Crippen molar-refractivity contribution < 1.29 is 14.7 Å². The highest BCUT2D eigenvalue weighted by molar-refractivity contribution is 9.10. The Bertz CT molecular complexity index is 544. The van der Waals surface area contributed by atoms with Gasteiger partial charge in [0, 0.05) is 17.1 Å². The first-order valence-corrected chi connectivity index (χ1v) is 7.46. The number of aryl methyl sites for hydroxylation is 1. The summed E-state index contributed by atoms with van der Waals surface area (Å²) in [6.07, 6.45) is 0.857. The van der Waals surface area contributed by atoms with Crippen molar-refractivity contribution >= 4 is 27.8 Å². The summed E-state index contributed by atoms with van der Waals surface area (Å²) < 4.78 is 0.987. The van der Waals surface area contributed by atoms with Crippen LogP contribution in [0.3, 0.4) is 0 Å². The summed E-state index contributed by atoms with van der Waals surface area (Å²) in [5, 5.41) is 9.10. The molecule has 1 aliphatic rings.